The van der Waals surface area contributed by atoms with Crippen LogP contribution in [-0.4, -0.2) is 23.1 Å². The van der Waals surface area contributed by atoms with E-state index in [4.69, 9.17) is 15.6 Å². The Morgan fingerprint density at radius 1 is 1.53 bits per heavy atom. The lowest BCUT2D eigenvalue weighted by molar-refractivity contribution is -0.124. The predicted molar refractivity (Wildman–Crippen MR) is 57.3 cm³/mol. The summed E-state index contributed by atoms with van der Waals surface area (Å²) < 4.78 is 18.1. The molecule has 1 atom stereocenters. The number of hydrogen-bond donors (Lipinski definition) is 2. The molecule has 1 amide bonds. The molecular formula is C11H12FNO4. The van der Waals surface area contributed by atoms with Gasteiger partial charge in [0.25, 0.3) is 5.91 Å². The lowest BCUT2D eigenvalue weighted by Gasteiger charge is -2.15. The Morgan fingerprint density at radius 3 is 2.65 bits per heavy atom. The normalized spacial score (nSPS) is 11.9. The van der Waals surface area contributed by atoms with Gasteiger partial charge in [0.2, 0.25) is 0 Å². The zero-order chi connectivity index (χ0) is 13.0. The number of nitrogens with two attached hydrogens (primary N) is 1. The molecule has 0 aliphatic heterocycles. The fraction of sp³-hybridized carbons (Fsp3) is 0.273. The molecule has 17 heavy (non-hydrogen) atoms. The predicted octanol–water partition coefficient (Wildman–Crippen LogP) is 1.17. The van der Waals surface area contributed by atoms with Crippen LogP contribution in [0, 0.1) is 5.82 Å². The van der Waals surface area contributed by atoms with Crippen molar-refractivity contribution in [2.24, 2.45) is 5.73 Å². The minimum atomic E-state index is -1.26. The highest BCUT2D eigenvalue weighted by Gasteiger charge is 2.19. The van der Waals surface area contributed by atoms with Gasteiger partial charge in [-0.05, 0) is 18.6 Å². The lowest BCUT2D eigenvalue weighted by atomic mass is 10.2. The van der Waals surface area contributed by atoms with Gasteiger partial charge in [-0.25, -0.2) is 9.18 Å². The number of aromatic carboxylic acids is 1. The van der Waals surface area contributed by atoms with Crippen LogP contribution >= 0.6 is 0 Å². The molecule has 0 bridgehead atoms. The molecule has 0 heterocycles. The molecule has 0 aliphatic carbocycles. The Balaban J connectivity index is 3.07. The van der Waals surface area contributed by atoms with Crippen molar-refractivity contribution in [3.63, 3.8) is 0 Å². The molecule has 0 saturated carbocycles. The Hall–Kier alpha value is -2.11. The molecule has 0 aliphatic rings. The van der Waals surface area contributed by atoms with Gasteiger partial charge in [0.1, 0.15) is 17.1 Å². The summed E-state index contributed by atoms with van der Waals surface area (Å²) >= 11 is 0. The molecule has 5 nitrogen and oxygen atoms in total. The Kier molecular flexibility index (Phi) is 4.03. The van der Waals surface area contributed by atoms with Crippen LogP contribution in [0.4, 0.5) is 4.39 Å². The summed E-state index contributed by atoms with van der Waals surface area (Å²) in [5.41, 5.74) is 4.84. The van der Waals surface area contributed by atoms with Crippen molar-refractivity contribution in [3.05, 3.63) is 29.6 Å². The third kappa shape index (κ3) is 3.17. The van der Waals surface area contributed by atoms with E-state index in [0.717, 1.165) is 18.2 Å². The Morgan fingerprint density at radius 2 is 2.18 bits per heavy atom. The summed E-state index contributed by atoms with van der Waals surface area (Å²) in [6, 6.07) is 2.98. The molecule has 1 aromatic carbocycles. The average molecular weight is 241 g/mol. The van der Waals surface area contributed by atoms with Gasteiger partial charge in [0.05, 0.1) is 0 Å². The van der Waals surface area contributed by atoms with E-state index in [1.54, 1.807) is 6.92 Å². The van der Waals surface area contributed by atoms with Crippen LogP contribution < -0.4 is 10.5 Å². The quantitative estimate of drug-likeness (QED) is 0.809. The summed E-state index contributed by atoms with van der Waals surface area (Å²) in [4.78, 5) is 21.8. The van der Waals surface area contributed by atoms with Gasteiger partial charge in [-0.3, -0.25) is 4.79 Å². The summed E-state index contributed by atoms with van der Waals surface area (Å²) in [7, 11) is 0. The molecule has 0 saturated heterocycles. The molecule has 92 valence electrons. The SMILES string of the molecule is CCC(Oc1cc(F)ccc1C(=O)O)C(N)=O. The maximum atomic E-state index is 13.0. The smallest absolute Gasteiger partial charge is 0.339 e. The van der Waals surface area contributed by atoms with Crippen molar-refractivity contribution < 1.29 is 23.8 Å². The number of carboxylic acid groups (broad SMARTS) is 1. The topological polar surface area (TPSA) is 89.6 Å². The van der Waals surface area contributed by atoms with Crippen LogP contribution in [0.5, 0.6) is 5.75 Å². The van der Waals surface area contributed by atoms with E-state index in [9.17, 15) is 14.0 Å². The fourth-order valence-electron chi connectivity index (χ4n) is 1.27. The van der Waals surface area contributed by atoms with E-state index in [0.29, 0.717) is 0 Å². The minimum absolute atomic E-state index is 0.205. The molecule has 1 aromatic rings. The molecule has 0 aromatic heterocycles. The molecule has 6 heteroatoms. The average Bonchev–Trinajstić information content (AvgIpc) is 2.25. The number of ether oxygens (including phenoxy) is 1. The summed E-state index contributed by atoms with van der Waals surface area (Å²) in [6.07, 6.45) is -0.708. The summed E-state index contributed by atoms with van der Waals surface area (Å²) in [5.74, 6) is -2.85. The van der Waals surface area contributed by atoms with Gasteiger partial charge in [0.15, 0.2) is 6.10 Å². The molecule has 0 spiro atoms. The number of carbonyl (C=O) groups excluding carboxylic acids is 1. The third-order valence-electron chi connectivity index (χ3n) is 2.13. The number of halogens is 1. The number of benzene rings is 1. The van der Waals surface area contributed by atoms with E-state index in [-0.39, 0.29) is 17.7 Å². The van der Waals surface area contributed by atoms with E-state index in [1.165, 1.54) is 0 Å². The Labute approximate surface area is 97.0 Å². The van der Waals surface area contributed by atoms with Gasteiger partial charge < -0.3 is 15.6 Å². The maximum Gasteiger partial charge on any atom is 0.339 e. The minimum Gasteiger partial charge on any atom is -0.480 e. The summed E-state index contributed by atoms with van der Waals surface area (Å²) in [6.45, 7) is 1.65. The van der Waals surface area contributed by atoms with Crippen LogP contribution in [-0.2, 0) is 4.79 Å². The van der Waals surface area contributed by atoms with E-state index < -0.39 is 23.8 Å². The van der Waals surface area contributed by atoms with Crippen LogP contribution in [0.3, 0.4) is 0 Å². The van der Waals surface area contributed by atoms with Crippen molar-refractivity contribution in [2.75, 3.05) is 0 Å². The highest BCUT2D eigenvalue weighted by atomic mass is 19.1. The first-order valence-electron chi connectivity index (χ1n) is 4.94. The highest BCUT2D eigenvalue weighted by Crippen LogP contribution is 2.21. The molecule has 1 rings (SSSR count). The Bertz CT molecular complexity index is 447. The highest BCUT2D eigenvalue weighted by molar-refractivity contribution is 5.91. The second-order valence-electron chi connectivity index (χ2n) is 3.36. The summed E-state index contributed by atoms with van der Waals surface area (Å²) in [5, 5.41) is 8.86. The molecular weight excluding hydrogens is 229 g/mol. The number of carboxylic acids is 1. The molecule has 3 N–H and O–H groups in total. The van der Waals surface area contributed by atoms with Crippen LogP contribution in [0.15, 0.2) is 18.2 Å². The second-order valence-corrected chi connectivity index (χ2v) is 3.36. The lowest BCUT2D eigenvalue weighted by Crippen LogP contribution is -2.33. The fourth-order valence-corrected chi connectivity index (χ4v) is 1.27. The standard InChI is InChI=1S/C11H12FNO4/c1-2-8(10(13)14)17-9-5-6(12)3-4-7(9)11(15)16/h3-5,8H,2H2,1H3,(H2,13,14)(H,15,16). The van der Waals surface area contributed by atoms with Crippen LogP contribution in [0.25, 0.3) is 0 Å². The first-order valence-corrected chi connectivity index (χ1v) is 4.94. The van der Waals surface area contributed by atoms with E-state index >= 15 is 0 Å². The number of carbonyl (C=O) groups is 2. The molecule has 0 radical (unpaired) electrons. The van der Waals surface area contributed by atoms with E-state index in [1.807, 2.05) is 0 Å². The van der Waals surface area contributed by atoms with Gasteiger partial charge >= 0.3 is 5.97 Å². The zero-order valence-electron chi connectivity index (χ0n) is 9.14. The van der Waals surface area contributed by atoms with Gasteiger partial charge in [-0.15, -0.1) is 0 Å². The van der Waals surface area contributed by atoms with Crippen LogP contribution in [0.2, 0.25) is 0 Å². The second kappa shape index (κ2) is 5.29. The van der Waals surface area contributed by atoms with Crippen molar-refractivity contribution >= 4 is 11.9 Å². The van der Waals surface area contributed by atoms with Crippen molar-refractivity contribution in [1.82, 2.24) is 0 Å². The van der Waals surface area contributed by atoms with Gasteiger partial charge in [0, 0.05) is 6.07 Å². The van der Waals surface area contributed by atoms with Crippen molar-refractivity contribution in [2.45, 2.75) is 19.4 Å². The number of hydrogen-bond acceptors (Lipinski definition) is 3. The number of amides is 1. The zero-order valence-corrected chi connectivity index (χ0v) is 9.14. The number of rotatable bonds is 5. The van der Waals surface area contributed by atoms with E-state index in [2.05, 4.69) is 0 Å². The first-order chi connectivity index (χ1) is 7.95. The number of primary amides is 1. The first kappa shape index (κ1) is 13.0. The monoisotopic (exact) mass is 241 g/mol. The molecule has 0 fully saturated rings. The van der Waals surface area contributed by atoms with Crippen LogP contribution in [0.1, 0.15) is 23.7 Å². The van der Waals surface area contributed by atoms with Crippen molar-refractivity contribution in [1.29, 1.82) is 0 Å². The third-order valence-corrected chi connectivity index (χ3v) is 2.13. The van der Waals surface area contributed by atoms with Gasteiger partial charge in [-0.1, -0.05) is 6.92 Å². The van der Waals surface area contributed by atoms with Crippen molar-refractivity contribution in [3.8, 4) is 5.75 Å². The maximum absolute atomic E-state index is 13.0. The molecule has 1 unspecified atom stereocenters. The largest absolute Gasteiger partial charge is 0.480 e. The van der Waals surface area contributed by atoms with Gasteiger partial charge in [-0.2, -0.15) is 0 Å².